The maximum absolute atomic E-state index is 2.39. The molecule has 2 aliphatic rings. The van der Waals surface area contributed by atoms with Gasteiger partial charge < -0.3 is 19.2 Å². The Hall–Kier alpha value is -2.23. The minimum atomic E-state index is 0.278. The van der Waals surface area contributed by atoms with E-state index in [0.29, 0.717) is 0 Å². The van der Waals surface area contributed by atoms with Gasteiger partial charge in [0.2, 0.25) is 0 Å². The van der Waals surface area contributed by atoms with E-state index in [4.69, 9.17) is 0 Å². The van der Waals surface area contributed by atoms with Crippen molar-refractivity contribution < 1.29 is 0 Å². The van der Waals surface area contributed by atoms with E-state index in [-0.39, 0.29) is 13.7 Å². The fraction of sp³-hybridized carbons (Fsp3) is 0.250. The van der Waals surface area contributed by atoms with Crippen molar-refractivity contribution in [2.75, 3.05) is 47.4 Å². The number of nitrogens with zero attached hydrogens (tertiary/aromatic N) is 4. The molecule has 22 heavy (non-hydrogen) atoms. The molecule has 0 bridgehead atoms. The SMILES string of the molecule is CN1B(B2N(C)c3ccccc3N2C)N(C)c2ccccc21. The molecular formula is C16H20B2N4. The molecule has 2 aromatic carbocycles. The van der Waals surface area contributed by atoms with Gasteiger partial charge in [-0.25, -0.2) is 0 Å². The summed E-state index contributed by atoms with van der Waals surface area (Å²) in [6, 6.07) is 17.3. The number of hydrogen-bond acceptors (Lipinski definition) is 4. The summed E-state index contributed by atoms with van der Waals surface area (Å²) in [5.41, 5.74) is 5.20. The number of anilines is 4. The molecule has 0 atom stereocenters. The first-order valence-corrected chi connectivity index (χ1v) is 7.70. The summed E-state index contributed by atoms with van der Waals surface area (Å²) in [4.78, 5) is 9.55. The monoisotopic (exact) mass is 290 g/mol. The molecule has 0 amide bonds. The van der Waals surface area contributed by atoms with Crippen LogP contribution in [-0.2, 0) is 0 Å². The summed E-state index contributed by atoms with van der Waals surface area (Å²) in [6.45, 7) is 0.555. The van der Waals surface area contributed by atoms with Crippen LogP contribution >= 0.6 is 0 Å². The highest BCUT2D eigenvalue weighted by Crippen LogP contribution is 2.41. The first-order valence-electron chi connectivity index (χ1n) is 7.70. The van der Waals surface area contributed by atoms with Crippen LogP contribution in [-0.4, -0.2) is 41.9 Å². The topological polar surface area (TPSA) is 13.0 Å². The summed E-state index contributed by atoms with van der Waals surface area (Å²) < 4.78 is 0. The van der Waals surface area contributed by atoms with Gasteiger partial charge in [-0.2, -0.15) is 0 Å². The maximum atomic E-state index is 2.39. The average Bonchev–Trinajstić information content (AvgIpc) is 2.94. The molecule has 0 aliphatic carbocycles. The van der Waals surface area contributed by atoms with Gasteiger partial charge >= 0.3 is 13.7 Å². The second-order valence-corrected chi connectivity index (χ2v) is 6.25. The molecule has 2 aromatic rings. The minimum Gasteiger partial charge on any atom is -0.400 e. The standard InChI is InChI=1S/C16H20B2N4/c1-19-13-9-5-6-10-14(13)20(2)17(19)18-21(3)15-11-7-8-12-16(15)22(18)4/h5-12H,1-4H3. The zero-order valence-electron chi connectivity index (χ0n) is 13.6. The Morgan fingerprint density at radius 1 is 0.500 bits per heavy atom. The molecule has 0 fully saturated rings. The predicted molar refractivity (Wildman–Crippen MR) is 98.0 cm³/mol. The molecular weight excluding hydrogens is 270 g/mol. The van der Waals surface area contributed by atoms with Crippen LogP contribution in [0.5, 0.6) is 0 Å². The summed E-state index contributed by atoms with van der Waals surface area (Å²) in [7, 11) is 8.77. The first-order chi connectivity index (χ1) is 10.6. The highest BCUT2D eigenvalue weighted by atomic mass is 15.3. The van der Waals surface area contributed by atoms with Crippen LogP contribution in [0.15, 0.2) is 48.5 Å². The van der Waals surface area contributed by atoms with Crippen LogP contribution in [0.2, 0.25) is 0 Å². The minimum absolute atomic E-state index is 0.278. The van der Waals surface area contributed by atoms with Gasteiger partial charge in [-0.15, -0.1) is 0 Å². The lowest BCUT2D eigenvalue weighted by Gasteiger charge is -2.33. The number of hydrogen-bond donors (Lipinski definition) is 0. The first kappa shape index (κ1) is 13.4. The smallest absolute Gasteiger partial charge is 0.391 e. The maximum Gasteiger partial charge on any atom is 0.391 e. The molecule has 6 heteroatoms. The van der Waals surface area contributed by atoms with E-state index in [9.17, 15) is 0 Å². The van der Waals surface area contributed by atoms with Gasteiger partial charge in [0.25, 0.3) is 0 Å². The third-order valence-corrected chi connectivity index (χ3v) is 5.14. The van der Waals surface area contributed by atoms with Crippen molar-refractivity contribution in [2.24, 2.45) is 0 Å². The summed E-state index contributed by atoms with van der Waals surface area (Å²) >= 11 is 0. The quantitative estimate of drug-likeness (QED) is 0.746. The summed E-state index contributed by atoms with van der Waals surface area (Å²) in [5.74, 6) is 0. The van der Waals surface area contributed by atoms with E-state index in [2.05, 4.69) is 96.0 Å². The van der Waals surface area contributed by atoms with E-state index in [1.807, 2.05) is 0 Å². The van der Waals surface area contributed by atoms with Crippen molar-refractivity contribution >= 4 is 36.5 Å². The Kier molecular flexibility index (Phi) is 2.83. The summed E-state index contributed by atoms with van der Waals surface area (Å²) in [5, 5.41) is 0. The Morgan fingerprint density at radius 3 is 0.955 bits per heavy atom. The van der Waals surface area contributed by atoms with Crippen LogP contribution in [0.25, 0.3) is 0 Å². The third-order valence-electron chi connectivity index (χ3n) is 5.14. The normalized spacial score (nSPS) is 16.5. The van der Waals surface area contributed by atoms with Gasteiger partial charge in [-0.1, -0.05) is 24.3 Å². The fourth-order valence-electron chi connectivity index (χ4n) is 4.01. The van der Waals surface area contributed by atoms with Crippen molar-refractivity contribution in [2.45, 2.75) is 0 Å². The van der Waals surface area contributed by atoms with Crippen LogP contribution in [0.3, 0.4) is 0 Å². The highest BCUT2D eigenvalue weighted by molar-refractivity contribution is 7.29. The molecule has 4 rings (SSSR count). The Labute approximate surface area is 133 Å². The molecule has 0 spiro atoms. The van der Waals surface area contributed by atoms with Gasteiger partial charge in [0, 0.05) is 22.7 Å². The van der Waals surface area contributed by atoms with Gasteiger partial charge in [-0.05, 0) is 52.5 Å². The Bertz CT molecular complexity index is 603. The van der Waals surface area contributed by atoms with Crippen LogP contribution in [0, 0.1) is 0 Å². The largest absolute Gasteiger partial charge is 0.400 e. The van der Waals surface area contributed by atoms with Crippen molar-refractivity contribution in [1.82, 2.24) is 0 Å². The molecule has 0 N–H and O–H groups in total. The highest BCUT2D eigenvalue weighted by Gasteiger charge is 2.53. The number of benzene rings is 2. The zero-order valence-corrected chi connectivity index (χ0v) is 13.6. The van der Waals surface area contributed by atoms with Crippen molar-refractivity contribution in [3.8, 4) is 0 Å². The second-order valence-electron chi connectivity index (χ2n) is 6.25. The molecule has 0 saturated heterocycles. The van der Waals surface area contributed by atoms with Gasteiger partial charge in [0.1, 0.15) is 0 Å². The van der Waals surface area contributed by atoms with E-state index >= 15 is 0 Å². The van der Waals surface area contributed by atoms with E-state index in [1.54, 1.807) is 0 Å². The molecule has 110 valence electrons. The Balaban J connectivity index is 1.76. The van der Waals surface area contributed by atoms with Crippen molar-refractivity contribution in [1.29, 1.82) is 0 Å². The van der Waals surface area contributed by atoms with Crippen LogP contribution < -0.4 is 19.2 Å². The lowest BCUT2D eigenvalue weighted by atomic mass is 9.31. The molecule has 4 nitrogen and oxygen atoms in total. The molecule has 0 aromatic heterocycles. The average molecular weight is 290 g/mol. The number of para-hydroxylation sites is 4. The van der Waals surface area contributed by atoms with Crippen LogP contribution in [0.1, 0.15) is 0 Å². The number of rotatable bonds is 1. The van der Waals surface area contributed by atoms with Crippen LogP contribution in [0.4, 0.5) is 22.7 Å². The van der Waals surface area contributed by atoms with Gasteiger partial charge in [0.05, 0.1) is 0 Å². The van der Waals surface area contributed by atoms with Crippen molar-refractivity contribution in [3.63, 3.8) is 0 Å². The third kappa shape index (κ3) is 1.61. The lowest BCUT2D eigenvalue weighted by Crippen LogP contribution is -2.67. The molecule has 0 saturated carbocycles. The van der Waals surface area contributed by atoms with E-state index < -0.39 is 0 Å². The fourth-order valence-corrected chi connectivity index (χ4v) is 4.01. The number of fused-ring (bicyclic) bond motifs is 2. The second kappa shape index (κ2) is 4.63. The lowest BCUT2D eigenvalue weighted by molar-refractivity contribution is 1.27. The molecule has 0 unspecified atom stereocenters. The molecule has 2 heterocycles. The van der Waals surface area contributed by atoms with Crippen molar-refractivity contribution in [3.05, 3.63) is 48.5 Å². The molecule has 0 radical (unpaired) electrons. The predicted octanol–water partition coefficient (Wildman–Crippen LogP) is 2.21. The summed E-state index contributed by atoms with van der Waals surface area (Å²) in [6.07, 6.45) is 0. The molecule has 2 aliphatic heterocycles. The van der Waals surface area contributed by atoms with E-state index in [0.717, 1.165) is 0 Å². The zero-order chi connectivity index (χ0) is 15.4. The van der Waals surface area contributed by atoms with Gasteiger partial charge in [-0.3, -0.25) is 0 Å². The van der Waals surface area contributed by atoms with E-state index in [1.165, 1.54) is 22.7 Å². The van der Waals surface area contributed by atoms with Gasteiger partial charge in [0.15, 0.2) is 0 Å². The Morgan fingerprint density at radius 2 is 0.727 bits per heavy atom.